The molecule has 8 heavy (non-hydrogen) atoms. The lowest BCUT2D eigenvalue weighted by atomic mass is 10.3. The van der Waals surface area contributed by atoms with E-state index in [0.29, 0.717) is 6.17 Å². The third-order valence-electron chi connectivity index (χ3n) is 1.42. The van der Waals surface area contributed by atoms with Crippen LogP contribution in [-0.2, 0) is 0 Å². The largest absolute Gasteiger partial charge is 0.301 e. The first kappa shape index (κ1) is 6.05. The van der Waals surface area contributed by atoms with E-state index in [1.807, 2.05) is 0 Å². The van der Waals surface area contributed by atoms with Crippen LogP contribution in [0.2, 0.25) is 0 Å². The molecule has 0 amide bonds. The minimum Gasteiger partial charge on any atom is -0.301 e. The van der Waals surface area contributed by atoms with Gasteiger partial charge in [-0.05, 0) is 19.4 Å². The van der Waals surface area contributed by atoms with Gasteiger partial charge in [-0.15, -0.1) is 0 Å². The monoisotopic (exact) mass is 113 g/mol. The second kappa shape index (κ2) is 3.05. The summed E-state index contributed by atoms with van der Waals surface area (Å²) in [5, 5.41) is 7.59. The summed E-state index contributed by atoms with van der Waals surface area (Å²) in [6.45, 7) is 4.24. The average molecular weight is 113 g/mol. The average Bonchev–Trinajstić information content (AvgIpc) is 2.19. The van der Waals surface area contributed by atoms with E-state index < -0.39 is 0 Å². The molecule has 0 saturated carbocycles. The summed E-state index contributed by atoms with van der Waals surface area (Å²) in [5.41, 5.74) is 0. The lowest BCUT2D eigenvalue weighted by Crippen LogP contribution is -2.32. The molecule has 0 aromatic heterocycles. The highest BCUT2D eigenvalue weighted by Gasteiger charge is 2.12. The third kappa shape index (κ3) is 1.46. The molecular formula is C6H13N2. The fraction of sp³-hybridized carbons (Fsp3) is 1.00. The second-order valence-electron chi connectivity index (χ2n) is 2.12. The van der Waals surface area contributed by atoms with Crippen molar-refractivity contribution in [2.75, 3.05) is 13.1 Å². The van der Waals surface area contributed by atoms with Crippen molar-refractivity contribution in [3.8, 4) is 0 Å². The summed E-state index contributed by atoms with van der Waals surface area (Å²) < 4.78 is 0. The van der Waals surface area contributed by atoms with Crippen molar-refractivity contribution in [3.05, 3.63) is 0 Å². The van der Waals surface area contributed by atoms with E-state index in [4.69, 9.17) is 0 Å². The lowest BCUT2D eigenvalue weighted by Gasteiger charge is -2.06. The second-order valence-corrected chi connectivity index (χ2v) is 2.12. The third-order valence-corrected chi connectivity index (χ3v) is 1.42. The van der Waals surface area contributed by atoms with Gasteiger partial charge in [-0.1, -0.05) is 6.92 Å². The number of hydrogen-bond acceptors (Lipinski definition) is 1. The molecular weight excluding hydrogens is 100 g/mol. The summed E-state index contributed by atoms with van der Waals surface area (Å²) >= 11 is 0. The minimum atomic E-state index is 0.486. The number of nitrogens with one attached hydrogen (secondary N) is 1. The topological polar surface area (TPSA) is 26.1 Å². The van der Waals surface area contributed by atoms with Crippen molar-refractivity contribution in [1.82, 2.24) is 10.6 Å². The predicted octanol–water partition coefficient (Wildman–Crippen LogP) is 0.320. The highest BCUT2D eigenvalue weighted by Crippen LogP contribution is 2.02. The van der Waals surface area contributed by atoms with Crippen LogP contribution in [0.15, 0.2) is 0 Å². The summed E-state index contributed by atoms with van der Waals surface area (Å²) in [6, 6.07) is 0. The van der Waals surface area contributed by atoms with Gasteiger partial charge < -0.3 is 5.32 Å². The Morgan fingerprint density at radius 1 is 1.75 bits per heavy atom. The van der Waals surface area contributed by atoms with Crippen molar-refractivity contribution in [1.29, 1.82) is 0 Å². The standard InChI is InChI=1S/C6H13N2/c1-2-7-6-4-3-5-8-6/h6-7H,2-5H2,1H3. The van der Waals surface area contributed by atoms with E-state index in [1.165, 1.54) is 12.8 Å². The van der Waals surface area contributed by atoms with Crippen LogP contribution in [0.5, 0.6) is 0 Å². The lowest BCUT2D eigenvalue weighted by molar-refractivity contribution is 0.491. The SMILES string of the molecule is CCNC1CCC[N]1. The van der Waals surface area contributed by atoms with Crippen LogP contribution in [0.3, 0.4) is 0 Å². The van der Waals surface area contributed by atoms with Crippen LogP contribution >= 0.6 is 0 Å². The first-order valence-electron chi connectivity index (χ1n) is 3.33. The van der Waals surface area contributed by atoms with Crippen LogP contribution in [0.1, 0.15) is 19.8 Å². The van der Waals surface area contributed by atoms with Crippen LogP contribution in [0.25, 0.3) is 0 Å². The summed E-state index contributed by atoms with van der Waals surface area (Å²) in [6.07, 6.45) is 3.01. The zero-order valence-corrected chi connectivity index (χ0v) is 5.35. The van der Waals surface area contributed by atoms with Gasteiger partial charge in [-0.2, -0.15) is 0 Å². The number of hydrogen-bond donors (Lipinski definition) is 1. The molecule has 1 radical (unpaired) electrons. The molecule has 1 heterocycles. The first-order valence-corrected chi connectivity index (χ1v) is 3.33. The maximum Gasteiger partial charge on any atom is 0.0736 e. The summed E-state index contributed by atoms with van der Waals surface area (Å²) in [4.78, 5) is 0. The van der Waals surface area contributed by atoms with Gasteiger partial charge in [0.05, 0.1) is 6.17 Å². The zero-order valence-electron chi connectivity index (χ0n) is 5.35. The van der Waals surface area contributed by atoms with E-state index >= 15 is 0 Å². The maximum absolute atomic E-state index is 4.31. The Balaban J connectivity index is 2.06. The molecule has 1 rings (SSSR count). The molecule has 0 bridgehead atoms. The van der Waals surface area contributed by atoms with Gasteiger partial charge >= 0.3 is 0 Å². The van der Waals surface area contributed by atoms with Gasteiger partial charge in [0.15, 0.2) is 0 Å². The molecule has 47 valence electrons. The fourth-order valence-electron chi connectivity index (χ4n) is 1.03. The van der Waals surface area contributed by atoms with Gasteiger partial charge in [0.2, 0.25) is 0 Å². The van der Waals surface area contributed by atoms with Crippen LogP contribution in [0.4, 0.5) is 0 Å². The van der Waals surface area contributed by atoms with Crippen molar-refractivity contribution in [2.45, 2.75) is 25.9 Å². The van der Waals surface area contributed by atoms with Gasteiger partial charge in [-0.3, -0.25) is 0 Å². The highest BCUT2D eigenvalue weighted by molar-refractivity contribution is 4.69. The fourth-order valence-corrected chi connectivity index (χ4v) is 1.03. The quantitative estimate of drug-likeness (QED) is 0.548. The smallest absolute Gasteiger partial charge is 0.0736 e. The number of rotatable bonds is 2. The zero-order chi connectivity index (χ0) is 5.82. The Morgan fingerprint density at radius 3 is 3.12 bits per heavy atom. The molecule has 1 saturated heterocycles. The molecule has 1 fully saturated rings. The molecule has 1 N–H and O–H groups in total. The molecule has 1 unspecified atom stereocenters. The summed E-state index contributed by atoms with van der Waals surface area (Å²) in [7, 11) is 0. The van der Waals surface area contributed by atoms with E-state index in [0.717, 1.165) is 13.1 Å². The van der Waals surface area contributed by atoms with Crippen LogP contribution in [-0.4, -0.2) is 19.3 Å². The Labute approximate surface area is 50.7 Å². The molecule has 1 atom stereocenters. The first-order chi connectivity index (χ1) is 3.93. The van der Waals surface area contributed by atoms with Crippen molar-refractivity contribution in [2.24, 2.45) is 0 Å². The molecule has 0 aromatic rings. The van der Waals surface area contributed by atoms with Crippen molar-refractivity contribution < 1.29 is 0 Å². The van der Waals surface area contributed by atoms with E-state index in [1.54, 1.807) is 0 Å². The molecule has 1 aliphatic heterocycles. The van der Waals surface area contributed by atoms with Gasteiger partial charge in [0.1, 0.15) is 0 Å². The Morgan fingerprint density at radius 2 is 2.62 bits per heavy atom. The normalized spacial score (nSPS) is 28.9. The van der Waals surface area contributed by atoms with Gasteiger partial charge in [0.25, 0.3) is 0 Å². The molecule has 2 heteroatoms. The Kier molecular flexibility index (Phi) is 2.30. The van der Waals surface area contributed by atoms with Gasteiger partial charge in [0, 0.05) is 6.54 Å². The van der Waals surface area contributed by atoms with E-state index in [9.17, 15) is 0 Å². The maximum atomic E-state index is 4.31. The highest BCUT2D eigenvalue weighted by atomic mass is 15.1. The Hall–Kier alpha value is -0.0800. The number of nitrogens with zero attached hydrogens (tertiary/aromatic N) is 1. The van der Waals surface area contributed by atoms with Crippen molar-refractivity contribution >= 4 is 0 Å². The molecule has 1 aliphatic rings. The molecule has 0 aliphatic carbocycles. The van der Waals surface area contributed by atoms with E-state index in [2.05, 4.69) is 17.6 Å². The van der Waals surface area contributed by atoms with Gasteiger partial charge in [-0.25, -0.2) is 5.32 Å². The van der Waals surface area contributed by atoms with Crippen LogP contribution < -0.4 is 10.6 Å². The van der Waals surface area contributed by atoms with E-state index in [-0.39, 0.29) is 0 Å². The summed E-state index contributed by atoms with van der Waals surface area (Å²) in [5.74, 6) is 0. The van der Waals surface area contributed by atoms with Crippen molar-refractivity contribution in [3.63, 3.8) is 0 Å². The van der Waals surface area contributed by atoms with Crippen LogP contribution in [0, 0.1) is 0 Å². The Bertz CT molecular complexity index is 57.5. The molecule has 2 nitrogen and oxygen atoms in total. The molecule has 0 aromatic carbocycles. The minimum absolute atomic E-state index is 0.486. The molecule has 0 spiro atoms. The predicted molar refractivity (Wildman–Crippen MR) is 33.7 cm³/mol.